The molecule has 0 spiro atoms. The molecular weight excluding hydrogens is 410 g/mol. The van der Waals surface area contributed by atoms with Gasteiger partial charge in [-0.15, -0.1) is 0 Å². The molecule has 0 bridgehead atoms. The summed E-state index contributed by atoms with van der Waals surface area (Å²) in [6.45, 7) is 15.7. The minimum absolute atomic E-state index is 0.0850. The third kappa shape index (κ3) is 4.94. The highest BCUT2D eigenvalue weighted by Gasteiger charge is 2.25. The van der Waals surface area contributed by atoms with Gasteiger partial charge in [-0.1, -0.05) is 106 Å². The van der Waals surface area contributed by atoms with Crippen molar-refractivity contribution in [3.8, 4) is 0 Å². The van der Waals surface area contributed by atoms with Gasteiger partial charge in [0, 0.05) is 22.5 Å². The van der Waals surface area contributed by atoms with Crippen LogP contribution in [-0.4, -0.2) is 0 Å². The predicted octanol–water partition coefficient (Wildman–Crippen LogP) is 9.40. The maximum Gasteiger partial charge on any atom is 0.0461 e. The fourth-order valence-corrected chi connectivity index (χ4v) is 4.40. The van der Waals surface area contributed by atoms with Crippen molar-refractivity contribution >= 4 is 17.1 Å². The maximum absolute atomic E-state index is 2.37. The number of aryl methyl sites for hydroxylation is 2. The van der Waals surface area contributed by atoms with Crippen LogP contribution >= 0.6 is 0 Å². The van der Waals surface area contributed by atoms with Crippen LogP contribution in [0.3, 0.4) is 0 Å². The first-order chi connectivity index (χ1) is 16.1. The summed E-state index contributed by atoms with van der Waals surface area (Å²) in [7, 11) is 0. The smallest absolute Gasteiger partial charge is 0.0461 e. The van der Waals surface area contributed by atoms with Crippen LogP contribution in [-0.2, 0) is 10.8 Å². The molecule has 4 aromatic rings. The van der Waals surface area contributed by atoms with Crippen molar-refractivity contribution in [3.05, 3.63) is 125 Å². The normalized spacial score (nSPS) is 12.0. The Morgan fingerprint density at radius 1 is 0.471 bits per heavy atom. The fourth-order valence-electron chi connectivity index (χ4n) is 4.40. The topological polar surface area (TPSA) is 3.24 Å². The number of hydrogen-bond donors (Lipinski definition) is 0. The Bertz CT molecular complexity index is 1190. The molecule has 1 heteroatoms. The van der Waals surface area contributed by atoms with Gasteiger partial charge in [-0.3, -0.25) is 0 Å². The van der Waals surface area contributed by atoms with E-state index in [1.54, 1.807) is 0 Å². The van der Waals surface area contributed by atoms with Crippen LogP contribution < -0.4 is 4.90 Å². The first kappa shape index (κ1) is 23.8. The van der Waals surface area contributed by atoms with E-state index < -0.39 is 0 Å². The molecule has 0 aliphatic heterocycles. The van der Waals surface area contributed by atoms with Crippen molar-refractivity contribution in [1.29, 1.82) is 0 Å². The van der Waals surface area contributed by atoms with Crippen LogP contribution in [0.5, 0.6) is 0 Å². The second-order valence-electron chi connectivity index (χ2n) is 11.0. The van der Waals surface area contributed by atoms with Crippen molar-refractivity contribution < 1.29 is 0 Å². The summed E-state index contributed by atoms with van der Waals surface area (Å²) in [6.07, 6.45) is 0. The molecule has 1 nitrogen and oxygen atoms in total. The Morgan fingerprint density at radius 2 is 0.882 bits per heavy atom. The van der Waals surface area contributed by atoms with Gasteiger partial charge in [0.1, 0.15) is 0 Å². The van der Waals surface area contributed by atoms with E-state index in [2.05, 4.69) is 150 Å². The van der Waals surface area contributed by atoms with Crippen LogP contribution in [0.1, 0.15) is 62.4 Å². The van der Waals surface area contributed by atoms with Gasteiger partial charge in [-0.05, 0) is 72.4 Å². The number of hydrogen-bond acceptors (Lipinski definition) is 1. The Balaban J connectivity index is 1.73. The second-order valence-corrected chi connectivity index (χ2v) is 11.0. The lowest BCUT2D eigenvalue weighted by Gasteiger charge is -2.30. The van der Waals surface area contributed by atoms with E-state index in [1.807, 2.05) is 0 Å². The van der Waals surface area contributed by atoms with Crippen molar-refractivity contribution in [1.82, 2.24) is 0 Å². The van der Waals surface area contributed by atoms with E-state index in [4.69, 9.17) is 0 Å². The van der Waals surface area contributed by atoms with Crippen LogP contribution in [0.25, 0.3) is 0 Å². The Hall–Kier alpha value is -3.32. The van der Waals surface area contributed by atoms with Gasteiger partial charge in [0.05, 0.1) is 0 Å². The molecule has 0 N–H and O–H groups in total. The molecule has 0 saturated carbocycles. The number of benzene rings is 4. The summed E-state index contributed by atoms with van der Waals surface area (Å²) in [5.41, 5.74) is 10.1. The van der Waals surface area contributed by atoms with Crippen LogP contribution in [0.15, 0.2) is 97.1 Å². The minimum Gasteiger partial charge on any atom is -0.311 e. The average molecular weight is 448 g/mol. The highest BCUT2D eigenvalue weighted by Crippen LogP contribution is 2.38. The molecule has 4 rings (SSSR count). The molecule has 0 radical (unpaired) electrons. The van der Waals surface area contributed by atoms with Crippen LogP contribution in [0, 0.1) is 13.8 Å². The zero-order chi connectivity index (χ0) is 24.5. The first-order valence-corrected chi connectivity index (χ1v) is 12.2. The SMILES string of the molecule is Cc1ccc(N(c2ccc(C)cc2)c2ccc(C(C)(C)c3cccc(C(C)(C)C)c3)cc2)cc1. The van der Waals surface area contributed by atoms with Gasteiger partial charge in [-0.2, -0.15) is 0 Å². The molecule has 0 aliphatic rings. The van der Waals surface area contributed by atoms with E-state index in [1.165, 1.54) is 39.2 Å². The highest BCUT2D eigenvalue weighted by molar-refractivity contribution is 5.76. The number of rotatable bonds is 5. The Morgan fingerprint density at radius 3 is 1.32 bits per heavy atom. The number of anilines is 3. The van der Waals surface area contributed by atoms with Gasteiger partial charge in [-0.25, -0.2) is 0 Å². The molecule has 0 aromatic heterocycles. The van der Waals surface area contributed by atoms with Crippen molar-refractivity contribution in [2.75, 3.05) is 4.90 Å². The first-order valence-electron chi connectivity index (χ1n) is 12.2. The molecule has 0 saturated heterocycles. The summed E-state index contributed by atoms with van der Waals surface area (Å²) < 4.78 is 0. The lowest BCUT2D eigenvalue weighted by molar-refractivity contribution is 0.582. The Kier molecular flexibility index (Phi) is 6.41. The molecule has 4 aromatic carbocycles. The van der Waals surface area contributed by atoms with E-state index in [9.17, 15) is 0 Å². The third-order valence-electron chi connectivity index (χ3n) is 6.88. The predicted molar refractivity (Wildman–Crippen MR) is 148 cm³/mol. The highest BCUT2D eigenvalue weighted by atomic mass is 15.1. The summed E-state index contributed by atoms with van der Waals surface area (Å²) in [6, 6.07) is 35.7. The van der Waals surface area contributed by atoms with Gasteiger partial charge in [0.15, 0.2) is 0 Å². The molecule has 0 unspecified atom stereocenters. The van der Waals surface area contributed by atoms with Crippen LogP contribution in [0.2, 0.25) is 0 Å². The van der Waals surface area contributed by atoms with E-state index in [-0.39, 0.29) is 10.8 Å². The number of nitrogens with zero attached hydrogens (tertiary/aromatic N) is 1. The summed E-state index contributed by atoms with van der Waals surface area (Å²) in [5.74, 6) is 0. The average Bonchev–Trinajstić information content (AvgIpc) is 2.82. The zero-order valence-corrected chi connectivity index (χ0v) is 21.7. The molecular formula is C33H37N. The third-order valence-corrected chi connectivity index (χ3v) is 6.88. The molecule has 0 aliphatic carbocycles. The van der Waals surface area contributed by atoms with E-state index in [0.717, 1.165) is 5.69 Å². The van der Waals surface area contributed by atoms with Gasteiger partial charge < -0.3 is 4.90 Å². The van der Waals surface area contributed by atoms with E-state index >= 15 is 0 Å². The summed E-state index contributed by atoms with van der Waals surface area (Å²) in [5, 5.41) is 0. The largest absolute Gasteiger partial charge is 0.311 e. The fraction of sp³-hybridized carbons (Fsp3) is 0.273. The molecule has 0 fully saturated rings. The second kappa shape index (κ2) is 9.14. The molecule has 174 valence electrons. The molecule has 0 heterocycles. The summed E-state index contributed by atoms with van der Waals surface area (Å²) in [4.78, 5) is 2.33. The summed E-state index contributed by atoms with van der Waals surface area (Å²) >= 11 is 0. The van der Waals surface area contributed by atoms with Crippen molar-refractivity contribution in [2.45, 2.75) is 59.3 Å². The molecule has 0 amide bonds. The molecule has 34 heavy (non-hydrogen) atoms. The lowest BCUT2D eigenvalue weighted by Crippen LogP contribution is -2.21. The minimum atomic E-state index is -0.0850. The zero-order valence-electron chi connectivity index (χ0n) is 21.7. The molecule has 0 atom stereocenters. The van der Waals surface area contributed by atoms with Crippen LogP contribution in [0.4, 0.5) is 17.1 Å². The van der Waals surface area contributed by atoms with Crippen molar-refractivity contribution in [3.63, 3.8) is 0 Å². The van der Waals surface area contributed by atoms with Gasteiger partial charge in [0.2, 0.25) is 0 Å². The quantitative estimate of drug-likeness (QED) is 0.294. The lowest BCUT2D eigenvalue weighted by atomic mass is 9.75. The Labute approximate surface area is 206 Å². The van der Waals surface area contributed by atoms with Crippen molar-refractivity contribution in [2.24, 2.45) is 0 Å². The van der Waals surface area contributed by atoms with Gasteiger partial charge >= 0.3 is 0 Å². The maximum atomic E-state index is 2.37. The van der Waals surface area contributed by atoms with E-state index in [0.29, 0.717) is 0 Å². The monoisotopic (exact) mass is 447 g/mol. The standard InChI is InChI=1S/C33H37N/c1-24-11-17-29(18-12-24)34(30-19-13-25(2)14-20-30)31-21-15-26(16-22-31)33(6,7)28-10-8-9-27(23-28)32(3,4)5/h8-23H,1-7H3. The van der Waals surface area contributed by atoms with Gasteiger partial charge in [0.25, 0.3) is 0 Å².